The summed E-state index contributed by atoms with van der Waals surface area (Å²) in [5.74, 6) is -0.144. The maximum Gasteiger partial charge on any atom is 0.340 e. The molecule has 114 valence electrons. The van der Waals surface area contributed by atoms with E-state index in [-0.39, 0.29) is 23.5 Å². The summed E-state index contributed by atoms with van der Waals surface area (Å²) in [4.78, 5) is 22.2. The highest BCUT2D eigenvalue weighted by molar-refractivity contribution is 5.95. The number of nitrogen functional groups attached to an aromatic ring is 1. The lowest BCUT2D eigenvalue weighted by Crippen LogP contribution is -2.09. The van der Waals surface area contributed by atoms with Crippen molar-refractivity contribution in [2.75, 3.05) is 12.8 Å². The zero-order valence-corrected chi connectivity index (χ0v) is 11.8. The summed E-state index contributed by atoms with van der Waals surface area (Å²) in [5.41, 5.74) is 6.21. The van der Waals surface area contributed by atoms with Gasteiger partial charge in [0.2, 0.25) is 0 Å². The number of rotatable bonds is 5. The number of hydrogen-bond acceptors (Lipinski definition) is 6. The SMILES string of the molecule is COc1ccccc1COC(=O)c1cc([N+](=O)[O-])ccc1N. The van der Waals surface area contributed by atoms with Crippen LogP contribution < -0.4 is 10.5 Å². The number of hydrogen-bond donors (Lipinski definition) is 1. The van der Waals surface area contributed by atoms with E-state index in [0.29, 0.717) is 11.3 Å². The summed E-state index contributed by atoms with van der Waals surface area (Å²) >= 11 is 0. The van der Waals surface area contributed by atoms with Crippen molar-refractivity contribution < 1.29 is 19.2 Å². The van der Waals surface area contributed by atoms with Gasteiger partial charge in [-0.3, -0.25) is 10.1 Å². The molecule has 0 aliphatic rings. The number of methoxy groups -OCH3 is 1. The largest absolute Gasteiger partial charge is 0.496 e. The number of ether oxygens (including phenoxy) is 2. The molecule has 0 fully saturated rings. The van der Waals surface area contributed by atoms with Crippen LogP contribution in [0.4, 0.5) is 11.4 Å². The average molecular weight is 302 g/mol. The summed E-state index contributed by atoms with van der Waals surface area (Å²) in [5, 5.41) is 10.7. The summed E-state index contributed by atoms with van der Waals surface area (Å²) in [6.45, 7) is -0.0228. The van der Waals surface area contributed by atoms with Crippen LogP contribution in [0.25, 0.3) is 0 Å². The van der Waals surface area contributed by atoms with Gasteiger partial charge in [-0.25, -0.2) is 4.79 Å². The number of nitro groups is 1. The van der Waals surface area contributed by atoms with Crippen LogP contribution >= 0.6 is 0 Å². The van der Waals surface area contributed by atoms with Gasteiger partial charge in [-0.2, -0.15) is 0 Å². The van der Waals surface area contributed by atoms with Crippen LogP contribution in [0.2, 0.25) is 0 Å². The molecule has 0 spiro atoms. The molecule has 7 nitrogen and oxygen atoms in total. The summed E-state index contributed by atoms with van der Waals surface area (Å²) < 4.78 is 10.3. The predicted molar refractivity (Wildman–Crippen MR) is 79.6 cm³/mol. The van der Waals surface area contributed by atoms with Gasteiger partial charge in [-0.05, 0) is 12.1 Å². The van der Waals surface area contributed by atoms with E-state index < -0.39 is 10.9 Å². The van der Waals surface area contributed by atoms with Gasteiger partial charge in [0.25, 0.3) is 5.69 Å². The molecule has 0 saturated heterocycles. The van der Waals surface area contributed by atoms with Crippen LogP contribution in [0.1, 0.15) is 15.9 Å². The van der Waals surface area contributed by atoms with Crippen LogP contribution in [0.3, 0.4) is 0 Å². The maximum atomic E-state index is 12.0. The van der Waals surface area contributed by atoms with Crippen LogP contribution in [0, 0.1) is 10.1 Å². The number of non-ortho nitro benzene ring substituents is 1. The molecule has 2 aromatic rings. The standard InChI is InChI=1S/C15H14N2O5/c1-21-14-5-3-2-4-10(14)9-22-15(18)12-8-11(17(19)20)6-7-13(12)16/h2-8H,9,16H2,1H3. The van der Waals surface area contributed by atoms with E-state index in [1.165, 1.54) is 19.2 Å². The molecule has 0 radical (unpaired) electrons. The van der Waals surface area contributed by atoms with Crippen LogP contribution in [-0.4, -0.2) is 18.0 Å². The average Bonchev–Trinajstić information content (AvgIpc) is 2.53. The molecule has 0 aromatic heterocycles. The van der Waals surface area contributed by atoms with Gasteiger partial charge in [0.15, 0.2) is 0 Å². The van der Waals surface area contributed by atoms with Crippen molar-refractivity contribution in [3.63, 3.8) is 0 Å². The van der Waals surface area contributed by atoms with Crippen LogP contribution in [-0.2, 0) is 11.3 Å². The lowest BCUT2D eigenvalue weighted by Gasteiger charge is -2.10. The lowest BCUT2D eigenvalue weighted by molar-refractivity contribution is -0.384. The molecule has 0 amide bonds. The normalized spacial score (nSPS) is 10.0. The Hall–Kier alpha value is -3.09. The van der Waals surface area contributed by atoms with E-state index in [9.17, 15) is 14.9 Å². The summed E-state index contributed by atoms with van der Waals surface area (Å²) in [6.07, 6.45) is 0. The molecular weight excluding hydrogens is 288 g/mol. The van der Waals surface area contributed by atoms with E-state index >= 15 is 0 Å². The number of carbonyl (C=O) groups excluding carboxylic acids is 1. The Morgan fingerprint density at radius 1 is 1.27 bits per heavy atom. The summed E-state index contributed by atoms with van der Waals surface area (Å²) in [6, 6.07) is 10.7. The first kappa shape index (κ1) is 15.3. The first-order valence-electron chi connectivity index (χ1n) is 6.36. The maximum absolute atomic E-state index is 12.0. The number of benzene rings is 2. The fourth-order valence-corrected chi connectivity index (χ4v) is 1.88. The first-order valence-corrected chi connectivity index (χ1v) is 6.36. The minimum Gasteiger partial charge on any atom is -0.496 e. The van der Waals surface area contributed by atoms with Gasteiger partial charge in [0.1, 0.15) is 12.4 Å². The number of nitrogens with two attached hydrogens (primary N) is 1. The zero-order valence-electron chi connectivity index (χ0n) is 11.8. The molecular formula is C15H14N2O5. The predicted octanol–water partition coefficient (Wildman–Crippen LogP) is 2.54. The molecule has 2 N–H and O–H groups in total. The fraction of sp³-hybridized carbons (Fsp3) is 0.133. The number of nitro benzene ring substituents is 1. The lowest BCUT2D eigenvalue weighted by atomic mass is 10.1. The Morgan fingerprint density at radius 2 is 2.00 bits per heavy atom. The number of nitrogens with zero attached hydrogens (tertiary/aromatic N) is 1. The molecule has 0 bridgehead atoms. The van der Waals surface area contributed by atoms with Crippen LogP contribution in [0.5, 0.6) is 5.75 Å². The Balaban J connectivity index is 2.16. The quantitative estimate of drug-likeness (QED) is 0.394. The van der Waals surface area contributed by atoms with Crippen molar-refractivity contribution in [3.8, 4) is 5.75 Å². The zero-order chi connectivity index (χ0) is 16.1. The van der Waals surface area contributed by atoms with Crippen molar-refractivity contribution in [3.05, 3.63) is 63.7 Å². The number of carbonyl (C=O) groups is 1. The fourth-order valence-electron chi connectivity index (χ4n) is 1.88. The number of esters is 1. The van der Waals surface area contributed by atoms with Crippen molar-refractivity contribution in [1.29, 1.82) is 0 Å². The highest BCUT2D eigenvalue weighted by Crippen LogP contribution is 2.22. The second kappa shape index (κ2) is 6.57. The van der Waals surface area contributed by atoms with Gasteiger partial charge in [0, 0.05) is 23.4 Å². The topological polar surface area (TPSA) is 105 Å². The third-order valence-corrected chi connectivity index (χ3v) is 3.02. The third-order valence-electron chi connectivity index (χ3n) is 3.02. The van der Waals surface area contributed by atoms with Gasteiger partial charge in [-0.1, -0.05) is 18.2 Å². The number of anilines is 1. The molecule has 22 heavy (non-hydrogen) atoms. The van der Waals surface area contributed by atoms with E-state index in [4.69, 9.17) is 15.2 Å². The van der Waals surface area contributed by atoms with E-state index in [1.807, 2.05) is 0 Å². The van der Waals surface area contributed by atoms with E-state index in [0.717, 1.165) is 6.07 Å². The van der Waals surface area contributed by atoms with E-state index in [1.54, 1.807) is 24.3 Å². The summed E-state index contributed by atoms with van der Waals surface area (Å²) in [7, 11) is 1.51. The Labute approximate surface area is 126 Å². The number of para-hydroxylation sites is 1. The first-order chi connectivity index (χ1) is 10.5. The van der Waals surface area contributed by atoms with Crippen molar-refractivity contribution in [2.24, 2.45) is 0 Å². The molecule has 0 heterocycles. The Bertz CT molecular complexity index is 715. The van der Waals surface area contributed by atoms with Gasteiger partial charge < -0.3 is 15.2 Å². The molecule has 0 saturated carbocycles. The van der Waals surface area contributed by atoms with Crippen molar-refractivity contribution in [2.45, 2.75) is 6.61 Å². The Kier molecular flexibility index (Phi) is 4.57. The molecule has 0 unspecified atom stereocenters. The third kappa shape index (κ3) is 3.32. The molecule has 7 heteroatoms. The van der Waals surface area contributed by atoms with Crippen LogP contribution in [0.15, 0.2) is 42.5 Å². The highest BCUT2D eigenvalue weighted by atomic mass is 16.6. The highest BCUT2D eigenvalue weighted by Gasteiger charge is 2.17. The van der Waals surface area contributed by atoms with E-state index in [2.05, 4.69) is 0 Å². The Morgan fingerprint density at radius 3 is 2.68 bits per heavy atom. The molecule has 2 rings (SSSR count). The molecule has 0 aliphatic heterocycles. The smallest absolute Gasteiger partial charge is 0.340 e. The van der Waals surface area contributed by atoms with Gasteiger partial charge in [0.05, 0.1) is 17.6 Å². The minimum absolute atomic E-state index is 0.0228. The van der Waals surface area contributed by atoms with Crippen molar-refractivity contribution in [1.82, 2.24) is 0 Å². The molecule has 2 aromatic carbocycles. The minimum atomic E-state index is -0.730. The van der Waals surface area contributed by atoms with Gasteiger partial charge >= 0.3 is 5.97 Å². The molecule has 0 atom stereocenters. The second-order valence-corrected chi connectivity index (χ2v) is 4.42. The molecule has 0 aliphatic carbocycles. The monoisotopic (exact) mass is 302 g/mol. The van der Waals surface area contributed by atoms with Gasteiger partial charge in [-0.15, -0.1) is 0 Å². The second-order valence-electron chi connectivity index (χ2n) is 4.42. The van der Waals surface area contributed by atoms with Crippen molar-refractivity contribution >= 4 is 17.3 Å².